The topological polar surface area (TPSA) is 27.1 Å². The molecule has 0 aliphatic carbocycles. The first-order valence-electron chi connectivity index (χ1n) is 4.77. The number of hydrogen-bond donors (Lipinski definition) is 0. The number of imidazole rings is 1. The van der Waals surface area contributed by atoms with Crippen LogP contribution in [0.15, 0.2) is 18.2 Å². The van der Waals surface area contributed by atoms with E-state index < -0.39 is 0 Å². The minimum absolute atomic E-state index is 0.865. The van der Waals surface area contributed by atoms with Crippen molar-refractivity contribution in [3.05, 3.63) is 24.5 Å². The summed E-state index contributed by atoms with van der Waals surface area (Å²) in [7, 11) is 1.67. The molecule has 73 valence electrons. The zero-order chi connectivity index (χ0) is 9.97. The van der Waals surface area contributed by atoms with Gasteiger partial charge in [0, 0.05) is 12.6 Å². The molecular weight excluding hydrogens is 176 g/mol. The molecule has 3 heteroatoms. The van der Waals surface area contributed by atoms with Crippen molar-refractivity contribution in [2.45, 2.75) is 19.9 Å². The Morgan fingerprint density at radius 2 is 2.36 bits per heavy atom. The molecule has 1 heterocycles. The summed E-state index contributed by atoms with van der Waals surface area (Å²) in [6, 6.07) is 5.87. The van der Waals surface area contributed by atoms with E-state index in [4.69, 9.17) is 4.74 Å². The minimum Gasteiger partial charge on any atom is -0.497 e. The van der Waals surface area contributed by atoms with E-state index in [9.17, 15) is 0 Å². The standard InChI is InChI=1S/C11H13N2O/c1-3-6-13-8-12-10-5-4-9(14-2)7-11(10)13/h4-5,7H,3,6H2,1-2H3. The molecule has 0 N–H and O–H groups in total. The first kappa shape index (κ1) is 9.06. The molecule has 2 aromatic rings. The van der Waals surface area contributed by atoms with Crippen molar-refractivity contribution in [1.82, 2.24) is 9.55 Å². The fourth-order valence-electron chi connectivity index (χ4n) is 1.50. The van der Waals surface area contributed by atoms with Crippen LogP contribution in [0.2, 0.25) is 0 Å². The van der Waals surface area contributed by atoms with Gasteiger partial charge in [0.15, 0.2) is 6.33 Å². The molecule has 3 nitrogen and oxygen atoms in total. The summed E-state index contributed by atoms with van der Waals surface area (Å²) >= 11 is 0. The van der Waals surface area contributed by atoms with E-state index in [1.807, 2.05) is 22.8 Å². The summed E-state index contributed by atoms with van der Waals surface area (Å²) in [6.07, 6.45) is 4.06. The molecule has 0 saturated carbocycles. The quantitative estimate of drug-likeness (QED) is 0.740. The average Bonchev–Trinajstić information content (AvgIpc) is 2.61. The van der Waals surface area contributed by atoms with Crippen LogP contribution in [-0.2, 0) is 6.54 Å². The van der Waals surface area contributed by atoms with Crippen molar-refractivity contribution in [2.24, 2.45) is 0 Å². The molecule has 1 radical (unpaired) electrons. The second-order valence-electron chi connectivity index (χ2n) is 3.22. The van der Waals surface area contributed by atoms with Crippen LogP contribution in [0.3, 0.4) is 0 Å². The van der Waals surface area contributed by atoms with E-state index in [0.29, 0.717) is 0 Å². The third kappa shape index (κ3) is 1.45. The molecule has 0 aliphatic rings. The van der Waals surface area contributed by atoms with Gasteiger partial charge in [-0.1, -0.05) is 6.92 Å². The smallest absolute Gasteiger partial charge is 0.177 e. The van der Waals surface area contributed by atoms with Gasteiger partial charge in [-0.05, 0) is 18.6 Å². The van der Waals surface area contributed by atoms with Crippen molar-refractivity contribution in [3.8, 4) is 5.75 Å². The second kappa shape index (κ2) is 3.70. The molecule has 0 spiro atoms. The lowest BCUT2D eigenvalue weighted by molar-refractivity contribution is 0.415. The van der Waals surface area contributed by atoms with Crippen LogP contribution in [-0.4, -0.2) is 16.7 Å². The number of aromatic nitrogens is 2. The summed E-state index contributed by atoms with van der Waals surface area (Å²) in [5.74, 6) is 0.865. The first-order chi connectivity index (χ1) is 6.85. The van der Waals surface area contributed by atoms with Gasteiger partial charge in [-0.25, -0.2) is 4.98 Å². The molecule has 0 bridgehead atoms. The third-order valence-electron chi connectivity index (χ3n) is 2.21. The maximum Gasteiger partial charge on any atom is 0.177 e. The largest absolute Gasteiger partial charge is 0.497 e. The molecule has 14 heavy (non-hydrogen) atoms. The Labute approximate surface area is 83.3 Å². The Hall–Kier alpha value is -1.51. The monoisotopic (exact) mass is 189 g/mol. The number of methoxy groups -OCH3 is 1. The Balaban J connectivity index is 2.52. The Morgan fingerprint density at radius 3 is 3.07 bits per heavy atom. The summed E-state index contributed by atoms with van der Waals surface area (Å²) in [5.41, 5.74) is 2.06. The second-order valence-corrected chi connectivity index (χ2v) is 3.22. The van der Waals surface area contributed by atoms with E-state index in [1.54, 1.807) is 7.11 Å². The summed E-state index contributed by atoms with van der Waals surface area (Å²) in [4.78, 5) is 4.20. The fraction of sp³-hybridized carbons (Fsp3) is 0.364. The van der Waals surface area contributed by atoms with Gasteiger partial charge >= 0.3 is 0 Å². The van der Waals surface area contributed by atoms with Crippen LogP contribution in [0.1, 0.15) is 13.3 Å². The lowest BCUT2D eigenvalue weighted by Gasteiger charge is -2.02. The molecule has 0 atom stereocenters. The van der Waals surface area contributed by atoms with Gasteiger partial charge in [0.25, 0.3) is 0 Å². The van der Waals surface area contributed by atoms with Gasteiger partial charge in [0.2, 0.25) is 0 Å². The van der Waals surface area contributed by atoms with Gasteiger partial charge in [0.05, 0.1) is 18.1 Å². The summed E-state index contributed by atoms with van der Waals surface area (Å²) in [6.45, 7) is 3.09. The van der Waals surface area contributed by atoms with Crippen LogP contribution in [0.5, 0.6) is 5.75 Å². The zero-order valence-electron chi connectivity index (χ0n) is 8.45. The Morgan fingerprint density at radius 1 is 1.50 bits per heavy atom. The lowest BCUT2D eigenvalue weighted by Crippen LogP contribution is -1.94. The molecule has 0 unspecified atom stereocenters. The van der Waals surface area contributed by atoms with Gasteiger partial charge < -0.3 is 9.30 Å². The first-order valence-corrected chi connectivity index (χ1v) is 4.77. The van der Waals surface area contributed by atoms with Crippen molar-refractivity contribution in [1.29, 1.82) is 0 Å². The summed E-state index contributed by atoms with van der Waals surface area (Å²) in [5, 5.41) is 0. The molecule has 1 aromatic heterocycles. The molecule has 0 amide bonds. The maximum atomic E-state index is 5.17. The number of ether oxygens (including phenoxy) is 1. The van der Waals surface area contributed by atoms with Crippen LogP contribution in [0, 0.1) is 6.33 Å². The number of hydrogen-bond acceptors (Lipinski definition) is 2. The molecular formula is C11H13N2O. The SMILES string of the molecule is CCCn1[c]nc2ccc(OC)cc21. The fourth-order valence-corrected chi connectivity index (χ4v) is 1.50. The highest BCUT2D eigenvalue weighted by molar-refractivity contribution is 5.76. The number of benzene rings is 1. The lowest BCUT2D eigenvalue weighted by atomic mass is 10.3. The zero-order valence-corrected chi connectivity index (χ0v) is 8.45. The predicted octanol–water partition coefficient (Wildman–Crippen LogP) is 2.26. The Bertz CT molecular complexity index is 434. The predicted molar refractivity (Wildman–Crippen MR) is 55.4 cm³/mol. The highest BCUT2D eigenvalue weighted by atomic mass is 16.5. The summed E-state index contributed by atoms with van der Waals surface area (Å²) < 4.78 is 7.20. The van der Waals surface area contributed by atoms with Crippen molar-refractivity contribution in [3.63, 3.8) is 0 Å². The van der Waals surface area contributed by atoms with Crippen LogP contribution in [0.4, 0.5) is 0 Å². The van der Waals surface area contributed by atoms with Gasteiger partial charge in [-0.15, -0.1) is 0 Å². The normalized spacial score (nSPS) is 10.7. The Kier molecular flexibility index (Phi) is 2.39. The highest BCUT2D eigenvalue weighted by Crippen LogP contribution is 2.19. The van der Waals surface area contributed by atoms with Crippen LogP contribution >= 0.6 is 0 Å². The van der Waals surface area contributed by atoms with Gasteiger partial charge in [0.1, 0.15) is 5.75 Å². The van der Waals surface area contributed by atoms with Crippen LogP contribution in [0.25, 0.3) is 11.0 Å². The number of aryl methyl sites for hydroxylation is 1. The molecule has 1 aromatic carbocycles. The average molecular weight is 189 g/mol. The molecule has 0 fully saturated rings. The number of rotatable bonds is 3. The molecule has 0 aliphatic heterocycles. The number of fused-ring (bicyclic) bond motifs is 1. The third-order valence-corrected chi connectivity index (χ3v) is 2.21. The van der Waals surface area contributed by atoms with E-state index >= 15 is 0 Å². The highest BCUT2D eigenvalue weighted by Gasteiger charge is 2.03. The van der Waals surface area contributed by atoms with Gasteiger partial charge in [-0.2, -0.15) is 0 Å². The van der Waals surface area contributed by atoms with E-state index in [0.717, 1.165) is 29.7 Å². The minimum atomic E-state index is 0.865. The molecule has 2 rings (SSSR count). The van der Waals surface area contributed by atoms with Crippen molar-refractivity contribution < 1.29 is 4.74 Å². The van der Waals surface area contributed by atoms with E-state index in [2.05, 4.69) is 18.2 Å². The number of nitrogens with zero attached hydrogens (tertiary/aromatic N) is 2. The van der Waals surface area contributed by atoms with E-state index in [-0.39, 0.29) is 0 Å². The maximum absolute atomic E-state index is 5.17. The van der Waals surface area contributed by atoms with E-state index in [1.165, 1.54) is 0 Å². The van der Waals surface area contributed by atoms with Crippen molar-refractivity contribution >= 4 is 11.0 Å². The van der Waals surface area contributed by atoms with Gasteiger partial charge in [-0.3, -0.25) is 0 Å². The van der Waals surface area contributed by atoms with Crippen LogP contribution < -0.4 is 4.74 Å². The molecule has 0 saturated heterocycles. The van der Waals surface area contributed by atoms with Crippen molar-refractivity contribution in [2.75, 3.05) is 7.11 Å².